The van der Waals surface area contributed by atoms with Gasteiger partial charge in [-0.05, 0) is 62.3 Å². The molecule has 0 spiro atoms. The largest absolute Gasteiger partial charge is 0.301 e. The van der Waals surface area contributed by atoms with Crippen LogP contribution < -0.4 is 0 Å². The van der Waals surface area contributed by atoms with Crippen LogP contribution in [0.5, 0.6) is 0 Å². The number of likely N-dealkylation sites (N-methyl/N-ethyl adjacent to an activating group) is 1. The fourth-order valence-corrected chi connectivity index (χ4v) is 5.61. The van der Waals surface area contributed by atoms with Crippen molar-refractivity contribution in [1.82, 2.24) is 4.90 Å². The zero-order chi connectivity index (χ0) is 20.6. The molecule has 2 aromatic rings. The zero-order valence-corrected chi connectivity index (χ0v) is 19.4. The standard InChI is InChI=1S/C26H35Cl2N/c1-3-29(19-18-21-8-5-4-6-9-21)20(2)12-13-22-14-16-23(17-15-22)26-24(27)10-7-11-25(26)28/h4-6,8-9,14-17,20,24-26H,3,7,10-13,18-19H2,1-2H3. The summed E-state index contributed by atoms with van der Waals surface area (Å²) in [6, 6.07) is 20.5. The molecule has 2 aromatic carbocycles. The molecule has 3 heteroatoms. The summed E-state index contributed by atoms with van der Waals surface area (Å²) in [5, 5.41) is 0.333. The lowest BCUT2D eigenvalue weighted by atomic mass is 9.83. The van der Waals surface area contributed by atoms with Crippen LogP contribution in [0.3, 0.4) is 0 Å². The molecule has 158 valence electrons. The smallest absolute Gasteiger partial charge is 0.0418 e. The molecule has 0 aromatic heterocycles. The van der Waals surface area contributed by atoms with Crippen LogP contribution in [0.15, 0.2) is 54.6 Å². The topological polar surface area (TPSA) is 3.24 Å². The van der Waals surface area contributed by atoms with Crippen molar-refractivity contribution < 1.29 is 0 Å². The fourth-order valence-electron chi connectivity index (χ4n) is 4.58. The van der Waals surface area contributed by atoms with Gasteiger partial charge >= 0.3 is 0 Å². The van der Waals surface area contributed by atoms with E-state index in [-0.39, 0.29) is 16.7 Å². The molecule has 0 bridgehead atoms. The summed E-state index contributed by atoms with van der Waals surface area (Å²) in [6.45, 7) is 6.85. The number of nitrogens with zero attached hydrogens (tertiary/aromatic N) is 1. The molecule has 1 aliphatic carbocycles. The Morgan fingerprint density at radius 3 is 2.14 bits per heavy atom. The van der Waals surface area contributed by atoms with Crippen LogP contribution >= 0.6 is 23.2 Å². The third-order valence-corrected chi connectivity index (χ3v) is 7.49. The maximum absolute atomic E-state index is 6.59. The Morgan fingerprint density at radius 2 is 1.52 bits per heavy atom. The lowest BCUT2D eigenvalue weighted by molar-refractivity contribution is 0.212. The summed E-state index contributed by atoms with van der Waals surface area (Å²) in [5.74, 6) is 0.286. The summed E-state index contributed by atoms with van der Waals surface area (Å²) >= 11 is 13.2. The minimum absolute atomic E-state index is 0.167. The second-order valence-electron chi connectivity index (χ2n) is 8.48. The van der Waals surface area contributed by atoms with Crippen molar-refractivity contribution in [2.75, 3.05) is 13.1 Å². The minimum atomic E-state index is 0.167. The van der Waals surface area contributed by atoms with E-state index in [1.165, 1.54) is 23.1 Å². The van der Waals surface area contributed by atoms with Gasteiger partial charge in [-0.15, -0.1) is 23.2 Å². The fraction of sp³-hybridized carbons (Fsp3) is 0.538. The maximum Gasteiger partial charge on any atom is 0.0418 e. The Kier molecular flexibility index (Phi) is 8.90. The SMILES string of the molecule is CCN(CCc1ccccc1)C(C)CCc1ccc(C2C(Cl)CCCC2Cl)cc1. The zero-order valence-electron chi connectivity index (χ0n) is 17.9. The molecular formula is C26H35Cl2N. The van der Waals surface area contributed by atoms with Crippen molar-refractivity contribution in [3.8, 4) is 0 Å². The first-order valence-corrected chi connectivity index (χ1v) is 12.1. The molecule has 1 nitrogen and oxygen atoms in total. The van der Waals surface area contributed by atoms with Crippen LogP contribution in [0, 0.1) is 0 Å². The van der Waals surface area contributed by atoms with Crippen LogP contribution in [-0.2, 0) is 12.8 Å². The molecule has 0 amide bonds. The first-order chi connectivity index (χ1) is 14.1. The van der Waals surface area contributed by atoms with Gasteiger partial charge in [-0.3, -0.25) is 0 Å². The van der Waals surface area contributed by atoms with Gasteiger partial charge in [-0.25, -0.2) is 0 Å². The number of hydrogen-bond acceptors (Lipinski definition) is 1. The summed E-state index contributed by atoms with van der Waals surface area (Å²) in [6.07, 6.45) is 6.71. The molecule has 1 saturated carbocycles. The van der Waals surface area contributed by atoms with Gasteiger partial charge < -0.3 is 4.90 Å². The summed E-state index contributed by atoms with van der Waals surface area (Å²) in [5.41, 5.74) is 4.14. The molecule has 3 unspecified atom stereocenters. The second-order valence-corrected chi connectivity index (χ2v) is 9.60. The van der Waals surface area contributed by atoms with E-state index in [2.05, 4.69) is 73.3 Å². The van der Waals surface area contributed by atoms with E-state index < -0.39 is 0 Å². The third kappa shape index (κ3) is 6.48. The molecule has 3 rings (SSSR count). The highest BCUT2D eigenvalue weighted by Gasteiger charge is 2.32. The van der Waals surface area contributed by atoms with Crippen molar-refractivity contribution in [1.29, 1.82) is 0 Å². The average molecular weight is 432 g/mol. The quantitative estimate of drug-likeness (QED) is 0.384. The van der Waals surface area contributed by atoms with Gasteiger partial charge in [0.15, 0.2) is 0 Å². The van der Waals surface area contributed by atoms with E-state index in [4.69, 9.17) is 23.2 Å². The maximum atomic E-state index is 6.59. The van der Waals surface area contributed by atoms with Crippen LogP contribution in [0.1, 0.15) is 62.1 Å². The lowest BCUT2D eigenvalue weighted by Crippen LogP contribution is -2.35. The van der Waals surface area contributed by atoms with Crippen molar-refractivity contribution in [3.05, 3.63) is 71.3 Å². The van der Waals surface area contributed by atoms with Crippen LogP contribution in [-0.4, -0.2) is 34.8 Å². The Bertz CT molecular complexity index is 705. The molecule has 1 fully saturated rings. The first-order valence-electron chi connectivity index (χ1n) is 11.2. The first kappa shape index (κ1) is 22.7. The number of alkyl halides is 2. The summed E-state index contributed by atoms with van der Waals surface area (Å²) in [7, 11) is 0. The van der Waals surface area contributed by atoms with Gasteiger partial charge in [0.2, 0.25) is 0 Å². The Labute approximate surface area is 187 Å². The van der Waals surface area contributed by atoms with Gasteiger partial charge in [0.05, 0.1) is 0 Å². The molecular weight excluding hydrogens is 397 g/mol. The second kappa shape index (κ2) is 11.4. The number of benzene rings is 2. The Balaban J connectivity index is 1.50. The third-order valence-electron chi connectivity index (χ3n) is 6.51. The lowest BCUT2D eigenvalue weighted by Gasteiger charge is -2.32. The van der Waals surface area contributed by atoms with Gasteiger partial charge in [-0.1, -0.05) is 67.9 Å². The number of rotatable bonds is 9. The molecule has 1 aliphatic rings. The normalized spacial score (nSPS) is 23.3. The molecule has 0 radical (unpaired) electrons. The number of aryl methyl sites for hydroxylation is 1. The van der Waals surface area contributed by atoms with E-state index >= 15 is 0 Å². The summed E-state index contributed by atoms with van der Waals surface area (Å²) in [4.78, 5) is 2.60. The van der Waals surface area contributed by atoms with Crippen LogP contribution in [0.2, 0.25) is 0 Å². The van der Waals surface area contributed by atoms with E-state index in [1.807, 2.05) is 0 Å². The predicted molar refractivity (Wildman–Crippen MR) is 127 cm³/mol. The van der Waals surface area contributed by atoms with Crippen LogP contribution in [0.4, 0.5) is 0 Å². The molecule has 3 atom stereocenters. The van der Waals surface area contributed by atoms with E-state index in [9.17, 15) is 0 Å². The van der Waals surface area contributed by atoms with Crippen molar-refractivity contribution in [2.24, 2.45) is 0 Å². The number of halogens is 2. The number of hydrogen-bond donors (Lipinski definition) is 0. The Hall–Kier alpha value is -1.02. The van der Waals surface area contributed by atoms with Crippen molar-refractivity contribution in [3.63, 3.8) is 0 Å². The Morgan fingerprint density at radius 1 is 0.897 bits per heavy atom. The monoisotopic (exact) mass is 431 g/mol. The van der Waals surface area contributed by atoms with Crippen molar-refractivity contribution >= 4 is 23.2 Å². The highest BCUT2D eigenvalue weighted by atomic mass is 35.5. The van der Waals surface area contributed by atoms with E-state index in [0.29, 0.717) is 6.04 Å². The molecule has 0 heterocycles. The van der Waals surface area contributed by atoms with E-state index in [0.717, 1.165) is 45.2 Å². The highest BCUT2D eigenvalue weighted by molar-refractivity contribution is 6.24. The van der Waals surface area contributed by atoms with Gasteiger partial charge in [0, 0.05) is 29.3 Å². The van der Waals surface area contributed by atoms with Gasteiger partial charge in [0.25, 0.3) is 0 Å². The van der Waals surface area contributed by atoms with Crippen molar-refractivity contribution in [2.45, 2.75) is 75.1 Å². The summed E-state index contributed by atoms with van der Waals surface area (Å²) < 4.78 is 0. The average Bonchev–Trinajstić information content (AvgIpc) is 2.74. The molecule has 0 aliphatic heterocycles. The van der Waals surface area contributed by atoms with Crippen LogP contribution in [0.25, 0.3) is 0 Å². The van der Waals surface area contributed by atoms with E-state index in [1.54, 1.807) is 0 Å². The highest BCUT2D eigenvalue weighted by Crippen LogP contribution is 2.39. The van der Waals surface area contributed by atoms with Gasteiger partial charge in [-0.2, -0.15) is 0 Å². The van der Waals surface area contributed by atoms with Gasteiger partial charge in [0.1, 0.15) is 0 Å². The minimum Gasteiger partial charge on any atom is -0.301 e. The predicted octanol–water partition coefficient (Wildman–Crippen LogP) is 7.05. The molecule has 0 saturated heterocycles. The molecule has 0 N–H and O–H groups in total. The molecule has 29 heavy (non-hydrogen) atoms.